The minimum Gasteiger partial charge on any atom is -0.350 e. The zero-order valence-corrected chi connectivity index (χ0v) is 10.9. The number of nitrogens with two attached hydrogens (primary N) is 1. The van der Waals surface area contributed by atoms with Crippen molar-refractivity contribution in [2.45, 2.75) is 38.0 Å². The molecule has 0 aliphatic heterocycles. The lowest BCUT2D eigenvalue weighted by Crippen LogP contribution is -2.31. The number of urea groups is 1. The van der Waals surface area contributed by atoms with Crippen LogP contribution in [0, 0.1) is 5.92 Å². The smallest absolute Gasteiger partial charge is 0.332 e. The molecule has 1 saturated carbocycles. The Morgan fingerprint density at radius 3 is 2.89 bits per heavy atom. The largest absolute Gasteiger partial charge is 0.350 e. The van der Waals surface area contributed by atoms with E-state index in [2.05, 4.69) is 28.7 Å². The fraction of sp³-hybridized carbons (Fsp3) is 0.467. The van der Waals surface area contributed by atoms with Crippen LogP contribution in [0.5, 0.6) is 0 Å². The van der Waals surface area contributed by atoms with Gasteiger partial charge in [-0.2, -0.15) is 5.10 Å². The first kappa shape index (κ1) is 12.2. The van der Waals surface area contributed by atoms with E-state index in [1.165, 1.54) is 36.8 Å². The molecule has 3 rings (SSSR count). The van der Waals surface area contributed by atoms with Crippen molar-refractivity contribution in [1.29, 1.82) is 0 Å². The summed E-state index contributed by atoms with van der Waals surface area (Å²) >= 11 is 0. The maximum absolute atomic E-state index is 10.8. The first-order chi connectivity index (χ1) is 9.25. The third-order valence-electron chi connectivity index (χ3n) is 4.34. The van der Waals surface area contributed by atoms with Gasteiger partial charge in [0.25, 0.3) is 0 Å². The average Bonchev–Trinajstić information content (AvgIpc) is 2.44. The molecule has 1 aromatic rings. The molecular formula is C15H19N3O. The lowest BCUT2D eigenvalue weighted by Gasteiger charge is -2.37. The van der Waals surface area contributed by atoms with Gasteiger partial charge in [0.05, 0.1) is 5.71 Å². The summed E-state index contributed by atoms with van der Waals surface area (Å²) in [6.45, 7) is 0. The van der Waals surface area contributed by atoms with Crippen LogP contribution in [0.1, 0.15) is 49.1 Å². The van der Waals surface area contributed by atoms with E-state index in [1.807, 2.05) is 6.07 Å². The number of amides is 2. The zero-order valence-electron chi connectivity index (χ0n) is 10.9. The van der Waals surface area contributed by atoms with Gasteiger partial charge >= 0.3 is 6.03 Å². The molecule has 0 radical (unpaired) electrons. The van der Waals surface area contributed by atoms with Crippen LogP contribution >= 0.6 is 0 Å². The molecule has 0 spiro atoms. The molecule has 2 amide bonds. The average molecular weight is 257 g/mol. The second-order valence-electron chi connectivity index (χ2n) is 5.48. The van der Waals surface area contributed by atoms with Gasteiger partial charge in [-0.3, -0.25) is 0 Å². The molecule has 19 heavy (non-hydrogen) atoms. The highest BCUT2D eigenvalue weighted by atomic mass is 16.2. The van der Waals surface area contributed by atoms with Crippen molar-refractivity contribution in [2.75, 3.05) is 0 Å². The monoisotopic (exact) mass is 257 g/mol. The minimum absolute atomic E-state index is 0.601. The molecule has 0 saturated heterocycles. The molecule has 0 heterocycles. The van der Waals surface area contributed by atoms with Crippen molar-refractivity contribution in [3.05, 3.63) is 35.4 Å². The Hall–Kier alpha value is -1.84. The van der Waals surface area contributed by atoms with Crippen molar-refractivity contribution in [3.8, 4) is 0 Å². The van der Waals surface area contributed by atoms with Crippen LogP contribution in [0.2, 0.25) is 0 Å². The fourth-order valence-electron chi connectivity index (χ4n) is 3.53. The first-order valence-corrected chi connectivity index (χ1v) is 6.97. The Bertz CT molecular complexity index is 524. The third kappa shape index (κ3) is 2.35. The second-order valence-corrected chi connectivity index (χ2v) is 5.48. The number of hydrogen-bond donors (Lipinski definition) is 2. The summed E-state index contributed by atoms with van der Waals surface area (Å²) in [4.78, 5) is 10.8. The number of carbonyl (C=O) groups is 1. The second kappa shape index (κ2) is 5.03. The maximum atomic E-state index is 10.8. The van der Waals surface area contributed by atoms with E-state index in [-0.39, 0.29) is 0 Å². The van der Waals surface area contributed by atoms with Gasteiger partial charge in [0.2, 0.25) is 0 Å². The third-order valence-corrected chi connectivity index (χ3v) is 4.34. The molecule has 4 nitrogen and oxygen atoms in total. The number of nitrogens with zero attached hydrogens (tertiary/aromatic N) is 1. The van der Waals surface area contributed by atoms with Gasteiger partial charge in [0.1, 0.15) is 0 Å². The van der Waals surface area contributed by atoms with Crippen LogP contribution in [-0.2, 0) is 0 Å². The number of nitrogens with one attached hydrogen (secondary N) is 1. The highest BCUT2D eigenvalue weighted by Crippen LogP contribution is 2.44. The minimum atomic E-state index is -0.601. The first-order valence-electron chi connectivity index (χ1n) is 6.97. The normalized spacial score (nSPS) is 27.5. The standard InChI is InChI=1S/C15H19N3O/c16-15(19)18-17-14-9-10-5-1-2-6-11(10)12-7-3-4-8-13(12)14/h3-4,7-8,10-11H,1-2,5-6,9H2,(H3,16,18,19)/b17-14-/t10-,11-/m0/s1. The van der Waals surface area contributed by atoms with E-state index in [0.717, 1.165) is 12.1 Å². The summed E-state index contributed by atoms with van der Waals surface area (Å²) in [7, 11) is 0. The molecule has 1 aromatic carbocycles. The van der Waals surface area contributed by atoms with Crippen molar-refractivity contribution >= 4 is 11.7 Å². The number of benzene rings is 1. The van der Waals surface area contributed by atoms with E-state index in [1.54, 1.807) is 0 Å². The van der Waals surface area contributed by atoms with Crippen LogP contribution in [0.25, 0.3) is 0 Å². The zero-order chi connectivity index (χ0) is 13.2. The summed E-state index contributed by atoms with van der Waals surface area (Å²) in [6.07, 6.45) is 6.11. The number of primary amides is 1. The van der Waals surface area contributed by atoms with Gasteiger partial charge in [-0.05, 0) is 36.7 Å². The lowest BCUT2D eigenvalue weighted by atomic mass is 9.67. The molecule has 0 bridgehead atoms. The van der Waals surface area contributed by atoms with E-state index < -0.39 is 6.03 Å². The summed E-state index contributed by atoms with van der Waals surface area (Å²) in [5.41, 5.74) is 11.0. The highest BCUT2D eigenvalue weighted by Gasteiger charge is 2.34. The molecule has 1 fully saturated rings. The van der Waals surface area contributed by atoms with E-state index in [4.69, 9.17) is 5.73 Å². The van der Waals surface area contributed by atoms with Crippen molar-refractivity contribution in [3.63, 3.8) is 0 Å². The molecule has 3 N–H and O–H groups in total. The Labute approximate surface area is 113 Å². The molecule has 2 aliphatic carbocycles. The maximum Gasteiger partial charge on any atom is 0.332 e. The van der Waals surface area contributed by atoms with Crippen molar-refractivity contribution < 1.29 is 4.79 Å². The Kier molecular flexibility index (Phi) is 3.23. The Morgan fingerprint density at radius 1 is 1.26 bits per heavy atom. The molecule has 0 aromatic heterocycles. The number of fused-ring (bicyclic) bond motifs is 3. The van der Waals surface area contributed by atoms with Crippen LogP contribution in [0.3, 0.4) is 0 Å². The van der Waals surface area contributed by atoms with Gasteiger partial charge in [-0.15, -0.1) is 0 Å². The van der Waals surface area contributed by atoms with Gasteiger partial charge < -0.3 is 5.73 Å². The van der Waals surface area contributed by atoms with Crippen LogP contribution in [0.15, 0.2) is 29.4 Å². The summed E-state index contributed by atoms with van der Waals surface area (Å²) < 4.78 is 0. The quantitative estimate of drug-likeness (QED) is 0.746. The molecule has 0 unspecified atom stereocenters. The molecule has 2 atom stereocenters. The fourth-order valence-corrected chi connectivity index (χ4v) is 3.53. The van der Waals surface area contributed by atoms with E-state index in [9.17, 15) is 4.79 Å². The number of hydrazone groups is 1. The molecule has 100 valence electrons. The van der Waals surface area contributed by atoms with Gasteiger partial charge in [-0.1, -0.05) is 37.1 Å². The van der Waals surface area contributed by atoms with E-state index >= 15 is 0 Å². The number of carbonyl (C=O) groups excluding carboxylic acids is 1. The van der Waals surface area contributed by atoms with Crippen LogP contribution in [-0.4, -0.2) is 11.7 Å². The van der Waals surface area contributed by atoms with Gasteiger partial charge in [0, 0.05) is 5.56 Å². The van der Waals surface area contributed by atoms with Gasteiger partial charge in [-0.25, -0.2) is 10.2 Å². The van der Waals surface area contributed by atoms with Crippen molar-refractivity contribution in [2.24, 2.45) is 16.8 Å². The number of hydrogen-bond acceptors (Lipinski definition) is 2. The van der Waals surface area contributed by atoms with Gasteiger partial charge in [0.15, 0.2) is 0 Å². The summed E-state index contributed by atoms with van der Waals surface area (Å²) in [5, 5.41) is 4.21. The van der Waals surface area contributed by atoms with E-state index in [0.29, 0.717) is 11.8 Å². The predicted molar refractivity (Wildman–Crippen MR) is 75.0 cm³/mol. The summed E-state index contributed by atoms with van der Waals surface area (Å²) in [5.74, 6) is 1.33. The molecule has 2 aliphatic rings. The highest BCUT2D eigenvalue weighted by molar-refractivity contribution is 6.03. The topological polar surface area (TPSA) is 67.5 Å². The number of rotatable bonds is 1. The lowest BCUT2D eigenvalue weighted by molar-refractivity contribution is 0.249. The molecule has 4 heteroatoms. The van der Waals surface area contributed by atoms with Crippen LogP contribution in [0.4, 0.5) is 4.79 Å². The van der Waals surface area contributed by atoms with Crippen molar-refractivity contribution in [1.82, 2.24) is 5.43 Å². The van der Waals surface area contributed by atoms with Crippen LogP contribution < -0.4 is 11.2 Å². The Balaban J connectivity index is 1.98. The SMILES string of the molecule is NC(=O)N/N=C1/C[C@@H]2CCCC[C@@H]2c2ccccc21. The summed E-state index contributed by atoms with van der Waals surface area (Å²) in [6, 6.07) is 7.83. The Morgan fingerprint density at radius 2 is 2.05 bits per heavy atom. The predicted octanol–water partition coefficient (Wildman–Crippen LogP) is 2.74. The molecular weight excluding hydrogens is 238 g/mol.